The highest BCUT2D eigenvalue weighted by atomic mass is 32.2. The Morgan fingerprint density at radius 3 is 2.43 bits per heavy atom. The Bertz CT molecular complexity index is 584. The monoisotopic (exact) mass is 300 g/mol. The van der Waals surface area contributed by atoms with Crippen LogP contribution in [0.1, 0.15) is 10.4 Å². The predicted octanol–water partition coefficient (Wildman–Crippen LogP) is 3.13. The lowest BCUT2D eigenvalue weighted by Crippen LogP contribution is -2.31. The fourth-order valence-electron chi connectivity index (χ4n) is 1.85. The van der Waals surface area contributed by atoms with E-state index in [0.717, 1.165) is 21.9 Å². The van der Waals surface area contributed by atoms with Gasteiger partial charge in [0.2, 0.25) is 0 Å². The number of nitrogens with one attached hydrogen (secondary N) is 1. The van der Waals surface area contributed by atoms with Crippen molar-refractivity contribution in [3.63, 3.8) is 0 Å². The number of nitrogens with zero attached hydrogens (tertiary/aromatic N) is 1. The fourth-order valence-corrected chi connectivity index (χ4v) is 2.81. The van der Waals surface area contributed by atoms with E-state index in [1.807, 2.05) is 73.6 Å². The van der Waals surface area contributed by atoms with Crippen LogP contribution in [-0.2, 0) is 0 Å². The first-order valence-corrected chi connectivity index (χ1v) is 7.73. The molecular weight excluding hydrogens is 280 g/mol. The molecule has 0 atom stereocenters. The van der Waals surface area contributed by atoms with Gasteiger partial charge in [-0.25, -0.2) is 0 Å². The average Bonchev–Trinajstić information content (AvgIpc) is 2.48. The minimum absolute atomic E-state index is 0.0177. The lowest BCUT2D eigenvalue weighted by molar-refractivity contribution is 0.0948. The lowest BCUT2D eigenvalue weighted by atomic mass is 10.2. The molecule has 2 rings (SSSR count). The molecular formula is C17H20N2OS. The Morgan fingerprint density at radius 1 is 1.05 bits per heavy atom. The minimum Gasteiger partial charge on any atom is -0.351 e. The van der Waals surface area contributed by atoms with Gasteiger partial charge in [-0.15, -0.1) is 0 Å². The van der Waals surface area contributed by atoms with Crippen LogP contribution >= 0.6 is 11.8 Å². The van der Waals surface area contributed by atoms with Crippen molar-refractivity contribution in [3.8, 4) is 0 Å². The maximum absolute atomic E-state index is 12.3. The molecule has 0 heterocycles. The number of carbonyl (C=O) groups excluding carboxylic acids is 1. The molecule has 2 aromatic carbocycles. The highest BCUT2D eigenvalue weighted by Crippen LogP contribution is 2.30. The molecule has 0 aliphatic heterocycles. The standard InChI is InChI=1S/C17H20N2OS/c1-19(2)13-12-18-17(20)15-10-6-7-11-16(15)21-14-8-4-3-5-9-14/h3-11H,12-13H2,1-2H3,(H,18,20). The van der Waals surface area contributed by atoms with Crippen LogP contribution in [0.25, 0.3) is 0 Å². The number of benzene rings is 2. The molecule has 0 aliphatic rings. The van der Waals surface area contributed by atoms with Crippen LogP contribution in [0.4, 0.5) is 0 Å². The maximum atomic E-state index is 12.3. The molecule has 0 aromatic heterocycles. The quantitative estimate of drug-likeness (QED) is 0.889. The van der Waals surface area contributed by atoms with Gasteiger partial charge in [-0.1, -0.05) is 42.1 Å². The van der Waals surface area contributed by atoms with Gasteiger partial charge in [-0.3, -0.25) is 4.79 Å². The molecule has 0 unspecified atom stereocenters. The molecule has 1 N–H and O–H groups in total. The topological polar surface area (TPSA) is 32.3 Å². The van der Waals surface area contributed by atoms with E-state index in [9.17, 15) is 4.79 Å². The second-order valence-electron chi connectivity index (χ2n) is 4.97. The zero-order valence-corrected chi connectivity index (χ0v) is 13.2. The van der Waals surface area contributed by atoms with Crippen molar-refractivity contribution in [2.45, 2.75) is 9.79 Å². The van der Waals surface area contributed by atoms with Crippen LogP contribution in [0.2, 0.25) is 0 Å². The van der Waals surface area contributed by atoms with Gasteiger partial charge in [0.15, 0.2) is 0 Å². The average molecular weight is 300 g/mol. The van der Waals surface area contributed by atoms with Gasteiger partial charge >= 0.3 is 0 Å². The van der Waals surface area contributed by atoms with E-state index in [4.69, 9.17) is 0 Å². The van der Waals surface area contributed by atoms with Crippen LogP contribution in [0.15, 0.2) is 64.4 Å². The molecule has 0 aliphatic carbocycles. The van der Waals surface area contributed by atoms with E-state index in [1.165, 1.54) is 0 Å². The fraction of sp³-hybridized carbons (Fsp3) is 0.235. The summed E-state index contributed by atoms with van der Waals surface area (Å²) in [6.07, 6.45) is 0. The number of hydrogen-bond acceptors (Lipinski definition) is 3. The Hall–Kier alpha value is -1.78. The van der Waals surface area contributed by atoms with Crippen molar-refractivity contribution in [1.82, 2.24) is 10.2 Å². The summed E-state index contributed by atoms with van der Waals surface area (Å²) in [5, 5.41) is 2.96. The molecule has 0 bridgehead atoms. The molecule has 0 fully saturated rings. The molecule has 0 saturated heterocycles. The molecule has 3 nitrogen and oxygen atoms in total. The van der Waals surface area contributed by atoms with E-state index < -0.39 is 0 Å². The van der Waals surface area contributed by atoms with Crippen molar-refractivity contribution < 1.29 is 4.79 Å². The van der Waals surface area contributed by atoms with Gasteiger partial charge in [-0.05, 0) is 38.4 Å². The third-order valence-electron chi connectivity index (χ3n) is 2.95. The highest BCUT2D eigenvalue weighted by molar-refractivity contribution is 7.99. The van der Waals surface area contributed by atoms with Crippen molar-refractivity contribution in [2.75, 3.05) is 27.2 Å². The van der Waals surface area contributed by atoms with Crippen LogP contribution < -0.4 is 5.32 Å². The number of amides is 1. The summed E-state index contributed by atoms with van der Waals surface area (Å²) in [6, 6.07) is 17.8. The van der Waals surface area contributed by atoms with Crippen LogP contribution in [0.5, 0.6) is 0 Å². The van der Waals surface area contributed by atoms with Crippen LogP contribution in [-0.4, -0.2) is 38.0 Å². The van der Waals surface area contributed by atoms with Gasteiger partial charge in [0, 0.05) is 22.9 Å². The van der Waals surface area contributed by atoms with E-state index in [2.05, 4.69) is 5.32 Å². The molecule has 0 saturated carbocycles. The zero-order chi connectivity index (χ0) is 15.1. The summed E-state index contributed by atoms with van der Waals surface area (Å²) in [7, 11) is 3.98. The second-order valence-corrected chi connectivity index (χ2v) is 6.09. The third kappa shape index (κ3) is 4.92. The molecule has 0 radical (unpaired) electrons. The minimum atomic E-state index is -0.0177. The zero-order valence-electron chi connectivity index (χ0n) is 12.4. The summed E-state index contributed by atoms with van der Waals surface area (Å²) < 4.78 is 0. The third-order valence-corrected chi connectivity index (χ3v) is 4.03. The second kappa shape index (κ2) is 7.86. The van der Waals surface area contributed by atoms with Gasteiger partial charge < -0.3 is 10.2 Å². The van der Waals surface area contributed by atoms with E-state index >= 15 is 0 Å². The van der Waals surface area contributed by atoms with Crippen molar-refractivity contribution >= 4 is 17.7 Å². The lowest BCUT2D eigenvalue weighted by Gasteiger charge is -2.12. The first-order valence-electron chi connectivity index (χ1n) is 6.91. The number of carbonyl (C=O) groups is 1. The van der Waals surface area contributed by atoms with Gasteiger partial charge in [-0.2, -0.15) is 0 Å². The molecule has 110 valence electrons. The molecule has 4 heteroatoms. The van der Waals surface area contributed by atoms with Crippen molar-refractivity contribution in [1.29, 1.82) is 0 Å². The summed E-state index contributed by atoms with van der Waals surface area (Å²) in [4.78, 5) is 16.4. The first-order chi connectivity index (χ1) is 10.2. The normalized spacial score (nSPS) is 10.6. The molecule has 2 aromatic rings. The largest absolute Gasteiger partial charge is 0.351 e. The first kappa shape index (κ1) is 15.6. The van der Waals surface area contributed by atoms with E-state index in [-0.39, 0.29) is 5.91 Å². The van der Waals surface area contributed by atoms with Gasteiger partial charge in [0.25, 0.3) is 5.91 Å². The summed E-state index contributed by atoms with van der Waals surface area (Å²) in [5.74, 6) is -0.0177. The van der Waals surface area contributed by atoms with Gasteiger partial charge in [0.1, 0.15) is 0 Å². The Labute approximate surface area is 130 Å². The summed E-state index contributed by atoms with van der Waals surface area (Å²) in [6.45, 7) is 1.48. The summed E-state index contributed by atoms with van der Waals surface area (Å²) in [5.41, 5.74) is 0.727. The van der Waals surface area contributed by atoms with Gasteiger partial charge in [0.05, 0.1) is 5.56 Å². The van der Waals surface area contributed by atoms with Crippen LogP contribution in [0, 0.1) is 0 Å². The van der Waals surface area contributed by atoms with Crippen LogP contribution in [0.3, 0.4) is 0 Å². The maximum Gasteiger partial charge on any atom is 0.252 e. The number of hydrogen-bond donors (Lipinski definition) is 1. The smallest absolute Gasteiger partial charge is 0.252 e. The van der Waals surface area contributed by atoms with E-state index in [0.29, 0.717) is 6.54 Å². The van der Waals surface area contributed by atoms with E-state index in [1.54, 1.807) is 11.8 Å². The highest BCUT2D eigenvalue weighted by Gasteiger charge is 2.11. The Kier molecular flexibility index (Phi) is 5.84. The Balaban J connectivity index is 2.07. The molecule has 1 amide bonds. The summed E-state index contributed by atoms with van der Waals surface area (Å²) >= 11 is 1.61. The van der Waals surface area contributed by atoms with Crippen molar-refractivity contribution in [3.05, 3.63) is 60.2 Å². The molecule has 21 heavy (non-hydrogen) atoms. The number of rotatable bonds is 6. The number of likely N-dealkylation sites (N-methyl/N-ethyl adjacent to an activating group) is 1. The Morgan fingerprint density at radius 2 is 1.71 bits per heavy atom. The van der Waals surface area contributed by atoms with Crippen molar-refractivity contribution in [2.24, 2.45) is 0 Å². The predicted molar refractivity (Wildman–Crippen MR) is 87.9 cm³/mol. The molecule has 0 spiro atoms. The SMILES string of the molecule is CN(C)CCNC(=O)c1ccccc1Sc1ccccc1.